The van der Waals surface area contributed by atoms with Crippen molar-refractivity contribution in [2.24, 2.45) is 5.92 Å². The highest BCUT2D eigenvalue weighted by atomic mass is 16.5. The van der Waals surface area contributed by atoms with E-state index in [0.717, 1.165) is 40.2 Å². The van der Waals surface area contributed by atoms with E-state index in [2.05, 4.69) is 91.8 Å². The summed E-state index contributed by atoms with van der Waals surface area (Å²) in [5, 5.41) is 0. The summed E-state index contributed by atoms with van der Waals surface area (Å²) in [6.45, 7) is 19.0. The van der Waals surface area contributed by atoms with Gasteiger partial charge in [-0.15, -0.1) is 0 Å². The van der Waals surface area contributed by atoms with Crippen molar-refractivity contribution in [3.8, 4) is 11.5 Å². The second kappa shape index (κ2) is 12.3. The summed E-state index contributed by atoms with van der Waals surface area (Å²) in [5.74, 6) is 2.00. The Morgan fingerprint density at radius 1 is 0.719 bits per heavy atom. The molecule has 0 spiro atoms. The first-order valence-corrected chi connectivity index (χ1v) is 11.7. The maximum atomic E-state index is 6.33. The van der Waals surface area contributed by atoms with Crippen LogP contribution >= 0.6 is 0 Å². The number of hydrogen-bond acceptors (Lipinski definition) is 4. The van der Waals surface area contributed by atoms with E-state index in [0.29, 0.717) is 26.4 Å². The quantitative estimate of drug-likeness (QED) is 0.350. The van der Waals surface area contributed by atoms with Crippen LogP contribution in [0.25, 0.3) is 0 Å². The lowest BCUT2D eigenvalue weighted by Crippen LogP contribution is -2.33. The largest absolute Gasteiger partial charge is 0.493 e. The van der Waals surface area contributed by atoms with E-state index in [4.69, 9.17) is 18.9 Å². The van der Waals surface area contributed by atoms with E-state index in [1.807, 2.05) is 0 Å². The Balaban J connectivity index is 2.04. The van der Waals surface area contributed by atoms with Crippen LogP contribution in [0.3, 0.4) is 0 Å². The van der Waals surface area contributed by atoms with E-state index in [1.54, 1.807) is 0 Å². The molecule has 0 aliphatic rings. The fraction of sp³-hybridized carbons (Fsp3) is 0.571. The molecule has 0 radical (unpaired) electrons. The second-order valence-corrected chi connectivity index (χ2v) is 9.67. The van der Waals surface area contributed by atoms with Gasteiger partial charge >= 0.3 is 0 Å². The average Bonchev–Trinajstić information content (AvgIpc) is 2.70. The Labute approximate surface area is 195 Å². The molecule has 0 aliphatic carbocycles. The molecule has 0 saturated carbocycles. The van der Waals surface area contributed by atoms with E-state index in [9.17, 15) is 0 Å². The molecule has 0 bridgehead atoms. The van der Waals surface area contributed by atoms with Crippen molar-refractivity contribution in [3.63, 3.8) is 0 Å². The van der Waals surface area contributed by atoms with Gasteiger partial charge in [0.1, 0.15) is 11.5 Å². The third-order valence-electron chi connectivity index (χ3n) is 5.61. The molecule has 0 atom stereocenters. The van der Waals surface area contributed by atoms with Crippen LogP contribution in [0.1, 0.15) is 56.4 Å². The molecule has 2 aromatic rings. The fourth-order valence-electron chi connectivity index (χ4n) is 3.56. The van der Waals surface area contributed by atoms with Crippen LogP contribution in [0.5, 0.6) is 11.5 Å². The Morgan fingerprint density at radius 2 is 1.16 bits per heavy atom. The molecule has 0 fully saturated rings. The monoisotopic (exact) mass is 442 g/mol. The van der Waals surface area contributed by atoms with Gasteiger partial charge in [-0.25, -0.2) is 0 Å². The molecule has 4 nitrogen and oxygen atoms in total. The Kier molecular flexibility index (Phi) is 10.0. The molecule has 0 saturated heterocycles. The summed E-state index contributed by atoms with van der Waals surface area (Å²) in [6, 6.07) is 12.4. The number of aryl methyl sites for hydroxylation is 4. The van der Waals surface area contributed by atoms with Crippen LogP contribution in [0.4, 0.5) is 0 Å². The number of rotatable bonds is 13. The second-order valence-electron chi connectivity index (χ2n) is 9.67. The number of hydrogen-bond donors (Lipinski definition) is 0. The first-order valence-electron chi connectivity index (χ1n) is 11.7. The molecule has 0 aliphatic heterocycles. The summed E-state index contributed by atoms with van der Waals surface area (Å²) < 4.78 is 24.6. The standard InChI is InChI=1S/C28H42O4/c1-20(2)29-16-15-28(7,8)32-19-25(17-30-26-21(3)11-9-12-22(26)4)18-31-27-23(5)13-10-14-24(27)6/h9-14,20,25H,15-19H2,1-8H3. The van der Waals surface area contributed by atoms with E-state index in [1.165, 1.54) is 0 Å². The molecule has 0 amide bonds. The predicted octanol–water partition coefficient (Wildman–Crippen LogP) is 6.60. The minimum absolute atomic E-state index is 0.0957. The molecule has 2 rings (SSSR count). The summed E-state index contributed by atoms with van der Waals surface area (Å²) in [4.78, 5) is 0. The van der Waals surface area contributed by atoms with Gasteiger partial charge in [0.15, 0.2) is 0 Å². The van der Waals surface area contributed by atoms with Crippen molar-refractivity contribution in [1.82, 2.24) is 0 Å². The summed E-state index contributed by atoms with van der Waals surface area (Å²) in [6.07, 6.45) is 1.07. The zero-order chi connectivity index (χ0) is 23.7. The topological polar surface area (TPSA) is 36.9 Å². The highest BCUT2D eigenvalue weighted by Crippen LogP contribution is 2.26. The van der Waals surface area contributed by atoms with Crippen molar-refractivity contribution in [1.29, 1.82) is 0 Å². The zero-order valence-corrected chi connectivity index (χ0v) is 21.3. The van der Waals surface area contributed by atoms with E-state index >= 15 is 0 Å². The highest BCUT2D eigenvalue weighted by molar-refractivity contribution is 5.40. The Hall–Kier alpha value is -2.04. The maximum Gasteiger partial charge on any atom is 0.125 e. The van der Waals surface area contributed by atoms with Crippen LogP contribution in [0.15, 0.2) is 36.4 Å². The van der Waals surface area contributed by atoms with Crippen molar-refractivity contribution < 1.29 is 18.9 Å². The molecule has 2 aromatic carbocycles. The van der Waals surface area contributed by atoms with Crippen molar-refractivity contribution >= 4 is 0 Å². The van der Waals surface area contributed by atoms with Crippen LogP contribution < -0.4 is 9.47 Å². The van der Waals surface area contributed by atoms with Gasteiger partial charge in [-0.05, 0) is 84.1 Å². The van der Waals surface area contributed by atoms with Gasteiger partial charge in [0.25, 0.3) is 0 Å². The third kappa shape index (κ3) is 8.48. The fourth-order valence-corrected chi connectivity index (χ4v) is 3.56. The molecule has 0 unspecified atom stereocenters. The molecule has 0 heterocycles. The van der Waals surface area contributed by atoms with Gasteiger partial charge in [0.05, 0.1) is 37.4 Å². The molecule has 0 N–H and O–H groups in total. The first-order chi connectivity index (χ1) is 15.1. The lowest BCUT2D eigenvalue weighted by Gasteiger charge is -2.29. The van der Waals surface area contributed by atoms with Crippen molar-refractivity contribution in [2.75, 3.05) is 26.4 Å². The SMILES string of the molecule is Cc1cccc(C)c1OCC(COc1c(C)cccc1C)COC(C)(C)CCOC(C)C. The summed E-state index contributed by atoms with van der Waals surface area (Å²) in [5.41, 5.74) is 4.31. The third-order valence-corrected chi connectivity index (χ3v) is 5.61. The molecular weight excluding hydrogens is 400 g/mol. The van der Waals surface area contributed by atoms with Gasteiger partial charge in [-0.2, -0.15) is 0 Å². The average molecular weight is 443 g/mol. The summed E-state index contributed by atoms with van der Waals surface area (Å²) in [7, 11) is 0. The number of ether oxygens (including phenoxy) is 4. The van der Waals surface area contributed by atoms with E-state index < -0.39 is 0 Å². The van der Waals surface area contributed by atoms with Crippen LogP contribution in [0.2, 0.25) is 0 Å². The predicted molar refractivity (Wildman–Crippen MR) is 132 cm³/mol. The number of benzene rings is 2. The Morgan fingerprint density at radius 3 is 1.56 bits per heavy atom. The minimum Gasteiger partial charge on any atom is -0.493 e. The van der Waals surface area contributed by atoms with E-state index in [-0.39, 0.29) is 17.6 Å². The molecule has 32 heavy (non-hydrogen) atoms. The van der Waals surface area contributed by atoms with Crippen LogP contribution in [-0.4, -0.2) is 38.1 Å². The maximum absolute atomic E-state index is 6.33. The molecule has 4 heteroatoms. The van der Waals surface area contributed by atoms with Gasteiger partial charge in [-0.1, -0.05) is 36.4 Å². The molecule has 178 valence electrons. The smallest absolute Gasteiger partial charge is 0.125 e. The van der Waals surface area contributed by atoms with Crippen molar-refractivity contribution in [2.45, 2.75) is 73.5 Å². The van der Waals surface area contributed by atoms with Crippen LogP contribution in [0, 0.1) is 33.6 Å². The first kappa shape index (κ1) is 26.2. The van der Waals surface area contributed by atoms with Gasteiger partial charge < -0.3 is 18.9 Å². The van der Waals surface area contributed by atoms with Gasteiger partial charge in [-0.3, -0.25) is 0 Å². The summed E-state index contributed by atoms with van der Waals surface area (Å²) >= 11 is 0. The van der Waals surface area contributed by atoms with Gasteiger partial charge in [0, 0.05) is 6.61 Å². The Bertz CT molecular complexity index is 745. The minimum atomic E-state index is -0.274. The number of para-hydroxylation sites is 2. The lowest BCUT2D eigenvalue weighted by atomic mass is 10.1. The molecular formula is C28H42O4. The molecule has 0 aromatic heterocycles. The normalized spacial score (nSPS) is 11.9. The lowest BCUT2D eigenvalue weighted by molar-refractivity contribution is -0.0689. The van der Waals surface area contributed by atoms with Crippen LogP contribution in [-0.2, 0) is 9.47 Å². The highest BCUT2D eigenvalue weighted by Gasteiger charge is 2.23. The van der Waals surface area contributed by atoms with Gasteiger partial charge in [0.2, 0.25) is 0 Å². The van der Waals surface area contributed by atoms with Crippen molar-refractivity contribution in [3.05, 3.63) is 58.7 Å². The zero-order valence-electron chi connectivity index (χ0n) is 21.3.